The van der Waals surface area contributed by atoms with E-state index >= 15 is 0 Å². The van der Waals surface area contributed by atoms with E-state index in [1.54, 1.807) is 14.2 Å². The average molecular weight is 277 g/mol. The second-order valence-corrected chi connectivity index (χ2v) is 4.64. The molecule has 7 nitrogen and oxygen atoms in total. The van der Waals surface area contributed by atoms with Crippen LogP contribution >= 0.6 is 0 Å². The van der Waals surface area contributed by atoms with Crippen LogP contribution < -0.4 is 15.2 Å². The number of aryl methyl sites for hydroxylation is 1. The minimum atomic E-state index is 0.0408. The molecule has 0 saturated carbocycles. The van der Waals surface area contributed by atoms with E-state index in [1.807, 2.05) is 25.1 Å². The van der Waals surface area contributed by atoms with Gasteiger partial charge in [-0.05, 0) is 42.3 Å². The van der Waals surface area contributed by atoms with Crippen LogP contribution in [-0.2, 0) is 20.1 Å². The van der Waals surface area contributed by atoms with Crippen LogP contribution in [-0.4, -0.2) is 33.4 Å². The van der Waals surface area contributed by atoms with Gasteiger partial charge in [0, 0.05) is 6.04 Å². The molecule has 1 aromatic heterocycles. The fourth-order valence-corrected chi connectivity index (χ4v) is 1.85. The molecule has 2 N–H and O–H groups in total. The number of benzene rings is 1. The predicted octanol–water partition coefficient (Wildman–Crippen LogP) is 0.687. The van der Waals surface area contributed by atoms with E-state index in [2.05, 4.69) is 15.4 Å². The van der Waals surface area contributed by atoms with Gasteiger partial charge in [-0.3, -0.25) is 0 Å². The summed E-state index contributed by atoms with van der Waals surface area (Å²) in [7, 11) is 3.35. The highest BCUT2D eigenvalue weighted by atomic mass is 16.5. The second kappa shape index (κ2) is 6.33. The molecule has 0 spiro atoms. The van der Waals surface area contributed by atoms with Gasteiger partial charge in [-0.25, -0.2) is 0 Å². The number of hydrogen-bond donors (Lipinski definition) is 1. The summed E-state index contributed by atoms with van der Waals surface area (Å²) in [6.07, 6.45) is 0.709. The molecule has 108 valence electrons. The van der Waals surface area contributed by atoms with E-state index in [0.29, 0.717) is 12.2 Å². The van der Waals surface area contributed by atoms with E-state index in [4.69, 9.17) is 15.2 Å². The number of nitrogens with zero attached hydrogens (tertiary/aromatic N) is 4. The Hall–Kier alpha value is -2.15. The van der Waals surface area contributed by atoms with Gasteiger partial charge < -0.3 is 15.2 Å². The maximum absolute atomic E-state index is 5.86. The van der Waals surface area contributed by atoms with Gasteiger partial charge in [0.05, 0.1) is 14.2 Å². The average Bonchev–Trinajstić information content (AvgIpc) is 2.82. The third kappa shape index (κ3) is 3.67. The van der Waals surface area contributed by atoms with Crippen LogP contribution in [0.1, 0.15) is 18.3 Å². The Morgan fingerprint density at radius 2 is 2.20 bits per heavy atom. The van der Waals surface area contributed by atoms with Crippen molar-refractivity contribution in [2.24, 2.45) is 12.8 Å². The fourth-order valence-electron chi connectivity index (χ4n) is 1.85. The van der Waals surface area contributed by atoms with Crippen molar-refractivity contribution >= 4 is 0 Å². The molecule has 0 aliphatic heterocycles. The van der Waals surface area contributed by atoms with Crippen LogP contribution in [0.2, 0.25) is 0 Å². The van der Waals surface area contributed by atoms with Crippen LogP contribution in [0, 0.1) is 0 Å². The van der Waals surface area contributed by atoms with Crippen molar-refractivity contribution in [1.29, 1.82) is 0 Å². The predicted molar refractivity (Wildman–Crippen MR) is 73.5 cm³/mol. The van der Waals surface area contributed by atoms with Gasteiger partial charge >= 0.3 is 0 Å². The Morgan fingerprint density at radius 3 is 2.80 bits per heavy atom. The highest BCUT2D eigenvalue weighted by molar-refractivity contribution is 5.40. The van der Waals surface area contributed by atoms with Crippen LogP contribution in [0.3, 0.4) is 0 Å². The Balaban J connectivity index is 2.12. The van der Waals surface area contributed by atoms with Crippen LogP contribution in [0.5, 0.6) is 11.5 Å². The van der Waals surface area contributed by atoms with Crippen LogP contribution in [0.25, 0.3) is 0 Å². The Kier molecular flexibility index (Phi) is 4.52. The number of tetrazole rings is 1. The lowest BCUT2D eigenvalue weighted by atomic mass is 10.1. The lowest BCUT2D eigenvalue weighted by molar-refractivity contribution is 0.291. The van der Waals surface area contributed by atoms with E-state index in [1.165, 1.54) is 4.80 Å². The summed E-state index contributed by atoms with van der Waals surface area (Å²) >= 11 is 0. The summed E-state index contributed by atoms with van der Waals surface area (Å²) in [6.45, 7) is 2.22. The highest BCUT2D eigenvalue weighted by Crippen LogP contribution is 2.25. The highest BCUT2D eigenvalue weighted by Gasteiger charge is 2.10. The van der Waals surface area contributed by atoms with Crippen molar-refractivity contribution in [3.05, 3.63) is 29.6 Å². The first kappa shape index (κ1) is 14.3. The number of aromatic nitrogens is 4. The summed E-state index contributed by atoms with van der Waals surface area (Å²) < 4.78 is 11.0. The van der Waals surface area contributed by atoms with E-state index in [0.717, 1.165) is 17.1 Å². The van der Waals surface area contributed by atoms with Gasteiger partial charge in [0.15, 0.2) is 6.61 Å². The van der Waals surface area contributed by atoms with E-state index in [-0.39, 0.29) is 12.6 Å². The summed E-state index contributed by atoms with van der Waals surface area (Å²) in [5.41, 5.74) is 6.86. The van der Waals surface area contributed by atoms with Crippen LogP contribution in [0.4, 0.5) is 0 Å². The van der Waals surface area contributed by atoms with Gasteiger partial charge in [-0.1, -0.05) is 0 Å². The third-order valence-electron chi connectivity index (χ3n) is 2.72. The van der Waals surface area contributed by atoms with Crippen molar-refractivity contribution < 1.29 is 9.47 Å². The zero-order chi connectivity index (χ0) is 14.5. The Morgan fingerprint density at radius 1 is 1.40 bits per heavy atom. The van der Waals surface area contributed by atoms with Gasteiger partial charge in [-0.15, -0.1) is 10.2 Å². The standard InChI is InChI=1S/C13H19N5O2/c1-9(14)6-10-7-11(19-3)4-5-12(10)20-8-13-15-17-18(2)16-13/h4-5,7,9H,6,8,14H2,1-3H3. The quantitative estimate of drug-likeness (QED) is 0.835. The molecule has 2 rings (SSSR count). The molecule has 20 heavy (non-hydrogen) atoms. The molecule has 1 unspecified atom stereocenters. The molecule has 0 saturated heterocycles. The van der Waals surface area contributed by atoms with Crippen molar-refractivity contribution in [3.8, 4) is 11.5 Å². The SMILES string of the molecule is COc1ccc(OCc2nnn(C)n2)c(CC(C)N)c1. The smallest absolute Gasteiger partial charge is 0.212 e. The van der Waals surface area contributed by atoms with Crippen LogP contribution in [0.15, 0.2) is 18.2 Å². The van der Waals surface area contributed by atoms with Gasteiger partial charge in [-0.2, -0.15) is 4.80 Å². The van der Waals surface area contributed by atoms with Gasteiger partial charge in [0.2, 0.25) is 5.82 Å². The summed E-state index contributed by atoms with van der Waals surface area (Å²) in [4.78, 5) is 1.40. The number of nitrogens with two attached hydrogens (primary N) is 1. The minimum Gasteiger partial charge on any atom is -0.497 e. The maximum Gasteiger partial charge on any atom is 0.212 e. The minimum absolute atomic E-state index is 0.0408. The molecule has 0 aliphatic carbocycles. The molecule has 0 aliphatic rings. The van der Waals surface area contributed by atoms with Crippen molar-refractivity contribution in [1.82, 2.24) is 20.2 Å². The normalized spacial score (nSPS) is 12.2. The summed E-state index contributed by atoms with van der Waals surface area (Å²) in [5, 5.41) is 11.7. The topological polar surface area (TPSA) is 88.1 Å². The molecule has 0 bridgehead atoms. The summed E-state index contributed by atoms with van der Waals surface area (Å²) in [5.74, 6) is 2.08. The summed E-state index contributed by atoms with van der Waals surface area (Å²) in [6, 6.07) is 5.69. The molecule has 7 heteroatoms. The molecular weight excluding hydrogens is 258 g/mol. The van der Waals surface area contributed by atoms with Gasteiger partial charge in [0.25, 0.3) is 0 Å². The lowest BCUT2D eigenvalue weighted by Crippen LogP contribution is -2.18. The third-order valence-corrected chi connectivity index (χ3v) is 2.72. The molecular formula is C13H19N5O2. The molecule has 1 heterocycles. The zero-order valence-electron chi connectivity index (χ0n) is 11.9. The lowest BCUT2D eigenvalue weighted by Gasteiger charge is -2.13. The Labute approximate surface area is 117 Å². The molecule has 2 aromatic rings. The number of rotatable bonds is 6. The second-order valence-electron chi connectivity index (χ2n) is 4.64. The van der Waals surface area contributed by atoms with Gasteiger partial charge in [0.1, 0.15) is 11.5 Å². The molecule has 0 amide bonds. The largest absolute Gasteiger partial charge is 0.497 e. The van der Waals surface area contributed by atoms with Crippen molar-refractivity contribution in [2.75, 3.05) is 7.11 Å². The zero-order valence-corrected chi connectivity index (χ0v) is 11.9. The first-order valence-electron chi connectivity index (χ1n) is 6.36. The number of hydrogen-bond acceptors (Lipinski definition) is 6. The number of ether oxygens (including phenoxy) is 2. The Bertz CT molecular complexity index is 568. The molecule has 0 fully saturated rings. The van der Waals surface area contributed by atoms with Crippen molar-refractivity contribution in [3.63, 3.8) is 0 Å². The van der Waals surface area contributed by atoms with Crippen molar-refractivity contribution in [2.45, 2.75) is 26.0 Å². The number of methoxy groups -OCH3 is 1. The molecule has 1 atom stereocenters. The maximum atomic E-state index is 5.86. The monoisotopic (exact) mass is 277 g/mol. The first-order valence-corrected chi connectivity index (χ1v) is 6.36. The first-order chi connectivity index (χ1) is 9.58. The molecule has 1 aromatic carbocycles. The fraction of sp³-hybridized carbons (Fsp3) is 0.462. The molecule has 0 radical (unpaired) electrons. The van der Waals surface area contributed by atoms with E-state index < -0.39 is 0 Å². The van der Waals surface area contributed by atoms with E-state index in [9.17, 15) is 0 Å².